The van der Waals surface area contributed by atoms with Gasteiger partial charge in [-0.3, -0.25) is 0 Å². The molecule has 0 bridgehead atoms. The van der Waals surface area contributed by atoms with Crippen LogP contribution in [-0.4, -0.2) is 22.4 Å². The average Bonchev–Trinajstić information content (AvgIpc) is 2.51. The van der Waals surface area contributed by atoms with Crippen LogP contribution in [0.5, 0.6) is 23.0 Å². The smallest absolute Gasteiger partial charge is 0.122 e. The van der Waals surface area contributed by atoms with E-state index in [0.29, 0.717) is 11.3 Å². The van der Waals surface area contributed by atoms with Crippen molar-refractivity contribution in [3.63, 3.8) is 0 Å². The molecule has 0 radical (unpaired) electrons. The summed E-state index contributed by atoms with van der Waals surface area (Å²) in [5, 5.41) is 29.4. The van der Waals surface area contributed by atoms with Crippen LogP contribution in [0.1, 0.15) is 69.4 Å². The van der Waals surface area contributed by atoms with E-state index >= 15 is 0 Å². The van der Waals surface area contributed by atoms with Crippen molar-refractivity contribution in [2.75, 3.05) is 7.11 Å². The highest BCUT2D eigenvalue weighted by molar-refractivity contribution is 5.54. The molecule has 0 unspecified atom stereocenters. The van der Waals surface area contributed by atoms with Gasteiger partial charge in [-0.15, -0.1) is 0 Å². The van der Waals surface area contributed by atoms with Gasteiger partial charge in [-0.25, -0.2) is 0 Å². The van der Waals surface area contributed by atoms with Crippen molar-refractivity contribution >= 4 is 0 Å². The molecule has 156 valence electrons. The zero-order valence-corrected chi connectivity index (χ0v) is 19.0. The van der Waals surface area contributed by atoms with Crippen LogP contribution in [-0.2, 0) is 10.8 Å². The summed E-state index contributed by atoms with van der Waals surface area (Å²) in [6, 6.07) is 5.27. The van der Waals surface area contributed by atoms with Crippen LogP contribution < -0.4 is 4.74 Å². The second-order valence-electron chi connectivity index (χ2n) is 9.40. The molecule has 0 aliphatic carbocycles. The Balaban J connectivity index is 0.000000280. The summed E-state index contributed by atoms with van der Waals surface area (Å²) in [5.41, 5.74) is 3.96. The molecule has 2 rings (SSSR count). The molecule has 0 atom stereocenters. The number of aryl methyl sites for hydroxylation is 2. The minimum Gasteiger partial charge on any atom is -0.508 e. The summed E-state index contributed by atoms with van der Waals surface area (Å²) in [6.07, 6.45) is 0. The minimum absolute atomic E-state index is 0.0644. The zero-order valence-electron chi connectivity index (χ0n) is 19.0. The first-order chi connectivity index (χ1) is 12.6. The second kappa shape index (κ2) is 8.34. The molecule has 0 aliphatic heterocycles. The topological polar surface area (TPSA) is 69.9 Å². The molecule has 2 aromatic carbocycles. The van der Waals surface area contributed by atoms with Crippen molar-refractivity contribution in [1.29, 1.82) is 0 Å². The molecule has 0 fully saturated rings. The van der Waals surface area contributed by atoms with E-state index < -0.39 is 0 Å². The quantitative estimate of drug-likeness (QED) is 0.523. The lowest BCUT2D eigenvalue weighted by Crippen LogP contribution is -2.13. The molecule has 4 heteroatoms. The van der Waals surface area contributed by atoms with Crippen LogP contribution >= 0.6 is 0 Å². The second-order valence-corrected chi connectivity index (χ2v) is 9.40. The van der Waals surface area contributed by atoms with Crippen molar-refractivity contribution in [3.05, 3.63) is 46.0 Å². The van der Waals surface area contributed by atoms with Gasteiger partial charge in [0.2, 0.25) is 0 Å². The molecule has 0 heterocycles. The van der Waals surface area contributed by atoms with E-state index in [9.17, 15) is 15.3 Å². The predicted molar refractivity (Wildman–Crippen MR) is 116 cm³/mol. The van der Waals surface area contributed by atoms with Gasteiger partial charge in [0.25, 0.3) is 0 Å². The normalized spacial score (nSPS) is 11.6. The van der Waals surface area contributed by atoms with Crippen molar-refractivity contribution in [3.8, 4) is 23.0 Å². The van der Waals surface area contributed by atoms with Gasteiger partial charge in [0, 0.05) is 11.1 Å². The number of methoxy groups -OCH3 is 1. The van der Waals surface area contributed by atoms with Crippen LogP contribution in [0.25, 0.3) is 0 Å². The first kappa shape index (κ1) is 23.7. The first-order valence-electron chi connectivity index (χ1n) is 9.52. The molecule has 0 amide bonds. The Hall–Kier alpha value is -2.36. The van der Waals surface area contributed by atoms with Crippen molar-refractivity contribution in [2.24, 2.45) is 0 Å². The number of rotatable bonds is 1. The molecule has 0 saturated carbocycles. The summed E-state index contributed by atoms with van der Waals surface area (Å²) in [7, 11) is 1.64. The molecule has 0 saturated heterocycles. The van der Waals surface area contributed by atoms with Gasteiger partial charge < -0.3 is 20.1 Å². The lowest BCUT2D eigenvalue weighted by molar-refractivity contribution is 0.402. The molecule has 3 N–H and O–H groups in total. The first-order valence-corrected chi connectivity index (χ1v) is 9.52. The SMILES string of the molecule is COc1cc(C(C)(C)C)c(O)cc1C.Cc1cc(O)c(C(C)(C)C)c(C)c1O. The maximum atomic E-state index is 9.82. The van der Waals surface area contributed by atoms with E-state index in [0.717, 1.165) is 28.0 Å². The van der Waals surface area contributed by atoms with Crippen molar-refractivity contribution in [1.82, 2.24) is 0 Å². The fraction of sp³-hybridized carbons (Fsp3) is 0.500. The fourth-order valence-corrected chi connectivity index (χ4v) is 3.39. The maximum Gasteiger partial charge on any atom is 0.122 e. The van der Waals surface area contributed by atoms with Gasteiger partial charge in [-0.2, -0.15) is 0 Å². The van der Waals surface area contributed by atoms with Crippen molar-refractivity contribution < 1.29 is 20.1 Å². The van der Waals surface area contributed by atoms with E-state index in [-0.39, 0.29) is 22.3 Å². The Kier molecular flexibility index (Phi) is 7.05. The Morgan fingerprint density at radius 3 is 1.64 bits per heavy atom. The molecule has 0 aromatic heterocycles. The predicted octanol–water partition coefficient (Wildman–Crippen LogP) is 6.02. The number of aromatic hydroxyl groups is 3. The molecule has 4 nitrogen and oxygen atoms in total. The third kappa shape index (κ3) is 5.34. The third-order valence-corrected chi connectivity index (χ3v) is 4.78. The van der Waals surface area contributed by atoms with Crippen molar-refractivity contribution in [2.45, 2.75) is 73.1 Å². The van der Waals surface area contributed by atoms with E-state index in [4.69, 9.17) is 4.74 Å². The number of phenols is 3. The van der Waals surface area contributed by atoms with Gasteiger partial charge in [0.15, 0.2) is 0 Å². The largest absolute Gasteiger partial charge is 0.508 e. The number of hydrogen-bond acceptors (Lipinski definition) is 4. The lowest BCUT2D eigenvalue weighted by atomic mass is 9.82. The van der Waals surface area contributed by atoms with Crippen LogP contribution in [0.3, 0.4) is 0 Å². The molecule has 28 heavy (non-hydrogen) atoms. The maximum absolute atomic E-state index is 9.82. The molecule has 0 aliphatic rings. The van der Waals surface area contributed by atoms with Gasteiger partial charge in [-0.05, 0) is 66.5 Å². The summed E-state index contributed by atoms with van der Waals surface area (Å²) < 4.78 is 5.22. The van der Waals surface area contributed by atoms with E-state index in [1.165, 1.54) is 0 Å². The van der Waals surface area contributed by atoms with Gasteiger partial charge >= 0.3 is 0 Å². The molecular weight excluding hydrogens is 352 g/mol. The lowest BCUT2D eigenvalue weighted by Gasteiger charge is -2.24. The van der Waals surface area contributed by atoms with Crippen LogP contribution in [0.2, 0.25) is 0 Å². The Morgan fingerprint density at radius 2 is 1.21 bits per heavy atom. The zero-order chi connectivity index (χ0) is 22.0. The molecule has 0 spiro atoms. The Morgan fingerprint density at radius 1 is 0.714 bits per heavy atom. The number of hydrogen-bond donors (Lipinski definition) is 3. The van der Waals surface area contributed by atoms with Gasteiger partial charge in [0.05, 0.1) is 7.11 Å². The highest BCUT2D eigenvalue weighted by atomic mass is 16.5. The van der Waals surface area contributed by atoms with Crippen LogP contribution in [0, 0.1) is 20.8 Å². The highest BCUT2D eigenvalue weighted by Gasteiger charge is 2.23. The third-order valence-electron chi connectivity index (χ3n) is 4.78. The summed E-state index contributed by atoms with van der Waals surface area (Å²) >= 11 is 0. The summed E-state index contributed by atoms with van der Waals surface area (Å²) in [6.45, 7) is 17.8. The fourth-order valence-electron chi connectivity index (χ4n) is 3.39. The minimum atomic E-state index is -0.153. The monoisotopic (exact) mass is 388 g/mol. The summed E-state index contributed by atoms with van der Waals surface area (Å²) in [5.74, 6) is 1.72. The summed E-state index contributed by atoms with van der Waals surface area (Å²) in [4.78, 5) is 0. The average molecular weight is 389 g/mol. The molecule has 2 aromatic rings. The van der Waals surface area contributed by atoms with Crippen LogP contribution in [0.15, 0.2) is 18.2 Å². The number of ether oxygens (including phenoxy) is 1. The molecular formula is C24H36O4. The number of phenolic OH excluding ortho intramolecular Hbond substituents is 3. The Labute approximate surface area is 169 Å². The standard InChI is InChI=1S/2C12H18O2/c1-8-6-10(13)9(12(2,3)4)7-11(8)14-5;1-7-6-9(13)10(12(3,4)5)8(2)11(7)14/h6-7,13H,1-5H3;6,13-14H,1-5H3. The highest BCUT2D eigenvalue weighted by Crippen LogP contribution is 2.39. The van der Waals surface area contributed by atoms with E-state index in [2.05, 4.69) is 20.8 Å². The van der Waals surface area contributed by atoms with Crippen LogP contribution in [0.4, 0.5) is 0 Å². The van der Waals surface area contributed by atoms with Gasteiger partial charge in [-0.1, -0.05) is 41.5 Å². The van der Waals surface area contributed by atoms with E-state index in [1.807, 2.05) is 40.7 Å². The number of benzene rings is 2. The Bertz CT molecular complexity index is 837. The van der Waals surface area contributed by atoms with Gasteiger partial charge in [0.1, 0.15) is 23.0 Å². The van der Waals surface area contributed by atoms with E-state index in [1.54, 1.807) is 26.2 Å².